The van der Waals surface area contributed by atoms with E-state index in [0.717, 1.165) is 5.69 Å². The van der Waals surface area contributed by atoms with Crippen LogP contribution in [-0.4, -0.2) is 16.3 Å². The minimum absolute atomic E-state index is 0.679. The van der Waals surface area contributed by atoms with Crippen LogP contribution in [0.25, 0.3) is 6.08 Å². The molecule has 0 aromatic carbocycles. The summed E-state index contributed by atoms with van der Waals surface area (Å²) in [7, 11) is 2.00. The zero-order chi connectivity index (χ0) is 13.1. The molecule has 18 heavy (non-hydrogen) atoms. The van der Waals surface area contributed by atoms with Crippen LogP contribution >= 0.6 is 0 Å². The summed E-state index contributed by atoms with van der Waals surface area (Å²) in [6.45, 7) is 4.88. The molecule has 1 saturated carbocycles. The molecule has 0 unspecified atom stereocenters. The Balaban J connectivity index is 2.27. The number of hydrogen-bond acceptors (Lipinski definition) is 2. The van der Waals surface area contributed by atoms with Gasteiger partial charge in [0.05, 0.1) is 5.69 Å². The Kier molecular flexibility index (Phi) is 4.23. The molecule has 1 heterocycles. The summed E-state index contributed by atoms with van der Waals surface area (Å²) in [6, 6.07) is 0. The molecule has 1 aliphatic rings. The molecule has 1 aliphatic carbocycles. The number of aryl methyl sites for hydroxylation is 2. The Hall–Kier alpha value is -1.09. The molecule has 1 fully saturated rings. The number of nitrogens with zero attached hydrogens (tertiary/aromatic N) is 2. The third kappa shape index (κ3) is 2.66. The Morgan fingerprint density at radius 2 is 2.00 bits per heavy atom. The van der Waals surface area contributed by atoms with Gasteiger partial charge in [0.25, 0.3) is 0 Å². The Morgan fingerprint density at radius 3 is 2.50 bits per heavy atom. The highest BCUT2D eigenvalue weighted by molar-refractivity contribution is 5.58. The highest BCUT2D eigenvalue weighted by Crippen LogP contribution is 2.31. The predicted octanol–water partition coefficient (Wildman–Crippen LogP) is 2.96. The molecule has 1 aromatic rings. The van der Waals surface area contributed by atoms with E-state index >= 15 is 0 Å². The number of nitrogens with two attached hydrogens (primary N) is 1. The fourth-order valence-electron chi connectivity index (χ4n) is 3.00. The summed E-state index contributed by atoms with van der Waals surface area (Å²) in [5.74, 6) is 0.697. The molecule has 0 atom stereocenters. The maximum atomic E-state index is 5.96. The van der Waals surface area contributed by atoms with Crippen molar-refractivity contribution in [3.05, 3.63) is 22.5 Å². The van der Waals surface area contributed by atoms with Crippen molar-refractivity contribution in [1.82, 2.24) is 9.78 Å². The lowest BCUT2D eigenvalue weighted by Gasteiger charge is -2.24. The molecule has 3 heteroatoms. The van der Waals surface area contributed by atoms with Gasteiger partial charge in [0.15, 0.2) is 0 Å². The van der Waals surface area contributed by atoms with Crippen molar-refractivity contribution >= 4 is 6.08 Å². The molecule has 0 aliphatic heterocycles. The van der Waals surface area contributed by atoms with Gasteiger partial charge in [-0.3, -0.25) is 4.68 Å². The van der Waals surface area contributed by atoms with Crippen LogP contribution in [0, 0.1) is 19.8 Å². The normalized spacial score (nSPS) is 18.3. The summed E-state index contributed by atoms with van der Waals surface area (Å²) >= 11 is 0. The van der Waals surface area contributed by atoms with E-state index in [1.807, 2.05) is 11.7 Å². The molecule has 0 spiro atoms. The first-order valence-electron chi connectivity index (χ1n) is 7.04. The van der Waals surface area contributed by atoms with Gasteiger partial charge in [-0.1, -0.05) is 30.9 Å². The van der Waals surface area contributed by atoms with E-state index in [2.05, 4.69) is 25.0 Å². The topological polar surface area (TPSA) is 43.8 Å². The standard InChI is InChI=1S/C15H25N3/c1-11-15(12(2)18(3)17-11)9-14(10-16)13-7-5-4-6-8-13/h9,13H,4-8,10,16H2,1-3H3. The molecular formula is C15H25N3. The van der Waals surface area contributed by atoms with Gasteiger partial charge in [0.1, 0.15) is 0 Å². The molecular weight excluding hydrogens is 222 g/mol. The minimum atomic E-state index is 0.679. The fourth-order valence-corrected chi connectivity index (χ4v) is 3.00. The highest BCUT2D eigenvalue weighted by Gasteiger charge is 2.18. The zero-order valence-electron chi connectivity index (χ0n) is 11.9. The van der Waals surface area contributed by atoms with E-state index < -0.39 is 0 Å². The first-order valence-corrected chi connectivity index (χ1v) is 7.04. The lowest BCUT2D eigenvalue weighted by Crippen LogP contribution is -2.16. The van der Waals surface area contributed by atoms with E-state index in [1.165, 1.54) is 48.9 Å². The third-order valence-electron chi connectivity index (χ3n) is 4.26. The van der Waals surface area contributed by atoms with Crippen LogP contribution in [0.15, 0.2) is 5.57 Å². The lowest BCUT2D eigenvalue weighted by atomic mass is 9.83. The van der Waals surface area contributed by atoms with Crippen LogP contribution in [-0.2, 0) is 7.05 Å². The van der Waals surface area contributed by atoms with Crippen LogP contribution in [0.3, 0.4) is 0 Å². The smallest absolute Gasteiger partial charge is 0.0668 e. The minimum Gasteiger partial charge on any atom is -0.327 e. The van der Waals surface area contributed by atoms with Crippen LogP contribution in [0.4, 0.5) is 0 Å². The Labute approximate surface area is 110 Å². The summed E-state index contributed by atoms with van der Waals surface area (Å²) in [6.07, 6.45) is 9.01. The average molecular weight is 247 g/mol. The second-order valence-corrected chi connectivity index (χ2v) is 5.47. The molecule has 0 amide bonds. The number of hydrogen-bond donors (Lipinski definition) is 1. The van der Waals surface area contributed by atoms with Gasteiger partial charge in [-0.05, 0) is 32.6 Å². The van der Waals surface area contributed by atoms with Gasteiger partial charge in [0, 0.05) is 24.8 Å². The molecule has 100 valence electrons. The molecule has 0 radical (unpaired) electrons. The van der Waals surface area contributed by atoms with Crippen molar-refractivity contribution in [3.63, 3.8) is 0 Å². The Bertz CT molecular complexity index is 437. The van der Waals surface area contributed by atoms with E-state index in [0.29, 0.717) is 12.5 Å². The third-order valence-corrected chi connectivity index (χ3v) is 4.26. The van der Waals surface area contributed by atoms with E-state index in [9.17, 15) is 0 Å². The van der Waals surface area contributed by atoms with E-state index in [1.54, 1.807) is 0 Å². The first kappa shape index (κ1) is 13.3. The van der Waals surface area contributed by atoms with Gasteiger partial charge in [-0.15, -0.1) is 0 Å². The largest absolute Gasteiger partial charge is 0.327 e. The number of aromatic nitrogens is 2. The van der Waals surface area contributed by atoms with Crippen molar-refractivity contribution < 1.29 is 0 Å². The molecule has 0 bridgehead atoms. The van der Waals surface area contributed by atoms with E-state index in [-0.39, 0.29) is 0 Å². The van der Waals surface area contributed by atoms with Crippen molar-refractivity contribution in [3.8, 4) is 0 Å². The van der Waals surface area contributed by atoms with Crippen LogP contribution in [0.1, 0.15) is 49.1 Å². The maximum Gasteiger partial charge on any atom is 0.0668 e. The SMILES string of the molecule is Cc1nn(C)c(C)c1C=C(CN)C1CCCCC1. The molecule has 0 saturated heterocycles. The van der Waals surface area contributed by atoms with Crippen molar-refractivity contribution in [2.24, 2.45) is 18.7 Å². The highest BCUT2D eigenvalue weighted by atomic mass is 15.3. The quantitative estimate of drug-likeness (QED) is 0.892. The van der Waals surface area contributed by atoms with Crippen molar-refractivity contribution in [1.29, 1.82) is 0 Å². The summed E-state index contributed by atoms with van der Waals surface area (Å²) in [5, 5.41) is 4.47. The number of rotatable bonds is 3. The molecule has 2 N–H and O–H groups in total. The molecule has 1 aromatic heterocycles. The van der Waals surface area contributed by atoms with Gasteiger partial charge in [0.2, 0.25) is 0 Å². The van der Waals surface area contributed by atoms with Gasteiger partial charge in [-0.2, -0.15) is 5.10 Å². The van der Waals surface area contributed by atoms with Crippen molar-refractivity contribution in [2.45, 2.75) is 46.0 Å². The lowest BCUT2D eigenvalue weighted by molar-refractivity contribution is 0.401. The van der Waals surface area contributed by atoms with Crippen molar-refractivity contribution in [2.75, 3.05) is 6.54 Å². The van der Waals surface area contributed by atoms with Crippen LogP contribution in [0.2, 0.25) is 0 Å². The van der Waals surface area contributed by atoms with E-state index in [4.69, 9.17) is 5.73 Å². The monoisotopic (exact) mass is 247 g/mol. The second-order valence-electron chi connectivity index (χ2n) is 5.47. The molecule has 3 nitrogen and oxygen atoms in total. The predicted molar refractivity (Wildman–Crippen MR) is 76.3 cm³/mol. The van der Waals surface area contributed by atoms with Crippen LogP contribution in [0.5, 0.6) is 0 Å². The average Bonchev–Trinajstić information content (AvgIpc) is 2.62. The fraction of sp³-hybridized carbons (Fsp3) is 0.667. The molecule has 2 rings (SSSR count). The van der Waals surface area contributed by atoms with Crippen LogP contribution < -0.4 is 5.73 Å². The van der Waals surface area contributed by atoms with Gasteiger partial charge in [-0.25, -0.2) is 0 Å². The maximum absolute atomic E-state index is 5.96. The van der Waals surface area contributed by atoms with Gasteiger partial charge >= 0.3 is 0 Å². The Morgan fingerprint density at radius 1 is 1.33 bits per heavy atom. The second kappa shape index (κ2) is 5.70. The van der Waals surface area contributed by atoms with Gasteiger partial charge < -0.3 is 5.73 Å². The summed E-state index contributed by atoms with van der Waals surface area (Å²) < 4.78 is 1.95. The summed E-state index contributed by atoms with van der Waals surface area (Å²) in [4.78, 5) is 0. The summed E-state index contributed by atoms with van der Waals surface area (Å²) in [5.41, 5.74) is 11.0. The zero-order valence-corrected chi connectivity index (χ0v) is 11.9. The first-order chi connectivity index (χ1) is 8.63.